The van der Waals surface area contributed by atoms with Crippen molar-refractivity contribution in [3.63, 3.8) is 0 Å². The summed E-state index contributed by atoms with van der Waals surface area (Å²) in [4.78, 5) is 13.9. The van der Waals surface area contributed by atoms with E-state index in [4.69, 9.17) is 0 Å². The van der Waals surface area contributed by atoms with E-state index < -0.39 is 0 Å². The predicted octanol–water partition coefficient (Wildman–Crippen LogP) is 2.44. The molecular formula is C15H21FN2OS. The molecule has 1 fully saturated rings. The second-order valence-corrected chi connectivity index (χ2v) is 5.88. The van der Waals surface area contributed by atoms with Gasteiger partial charge in [0.05, 0.1) is 11.8 Å². The van der Waals surface area contributed by atoms with Crippen LogP contribution < -0.4 is 5.32 Å². The van der Waals surface area contributed by atoms with Gasteiger partial charge in [-0.05, 0) is 38.3 Å². The molecule has 20 heavy (non-hydrogen) atoms. The van der Waals surface area contributed by atoms with Gasteiger partial charge >= 0.3 is 0 Å². The Bertz CT molecular complexity index is 449. The van der Waals surface area contributed by atoms with Crippen molar-refractivity contribution in [2.75, 3.05) is 31.6 Å². The standard InChI is InChI=1S/C15H21FN2OS/c1-20-11-15(19)17-10-14(18-8-4-5-9-18)12-6-2-3-7-13(12)16/h2-3,6-7,14H,4-5,8-11H2,1H3,(H,17,19). The topological polar surface area (TPSA) is 32.3 Å². The van der Waals surface area contributed by atoms with E-state index in [1.54, 1.807) is 6.07 Å². The summed E-state index contributed by atoms with van der Waals surface area (Å²) < 4.78 is 14.0. The average Bonchev–Trinajstić information content (AvgIpc) is 2.95. The van der Waals surface area contributed by atoms with E-state index in [-0.39, 0.29) is 17.8 Å². The lowest BCUT2D eigenvalue weighted by molar-refractivity contribution is -0.118. The van der Waals surface area contributed by atoms with E-state index in [0.717, 1.165) is 25.9 Å². The number of hydrogen-bond acceptors (Lipinski definition) is 3. The molecule has 0 aliphatic carbocycles. The van der Waals surface area contributed by atoms with Crippen molar-refractivity contribution in [1.82, 2.24) is 10.2 Å². The zero-order chi connectivity index (χ0) is 14.4. The fourth-order valence-corrected chi connectivity index (χ4v) is 2.99. The third-order valence-electron chi connectivity index (χ3n) is 3.61. The van der Waals surface area contributed by atoms with Crippen LogP contribution in [0.2, 0.25) is 0 Å². The number of likely N-dealkylation sites (tertiary alicyclic amines) is 1. The van der Waals surface area contributed by atoms with Crippen molar-refractivity contribution in [2.45, 2.75) is 18.9 Å². The minimum Gasteiger partial charge on any atom is -0.353 e. The van der Waals surface area contributed by atoms with Gasteiger partial charge in [0.1, 0.15) is 5.82 Å². The van der Waals surface area contributed by atoms with Crippen molar-refractivity contribution >= 4 is 17.7 Å². The minimum absolute atomic E-state index is 0.0121. The van der Waals surface area contributed by atoms with Crippen LogP contribution in [0.4, 0.5) is 4.39 Å². The number of carbonyl (C=O) groups is 1. The molecule has 2 rings (SSSR count). The Morgan fingerprint density at radius 2 is 2.10 bits per heavy atom. The molecule has 1 heterocycles. The summed E-state index contributed by atoms with van der Waals surface area (Å²) in [6, 6.07) is 6.79. The van der Waals surface area contributed by atoms with E-state index in [1.807, 2.05) is 18.4 Å². The number of thioether (sulfide) groups is 1. The number of rotatable bonds is 6. The highest BCUT2D eigenvalue weighted by molar-refractivity contribution is 7.99. The molecule has 0 saturated carbocycles. The quantitative estimate of drug-likeness (QED) is 0.875. The Labute approximate surface area is 123 Å². The second kappa shape index (κ2) is 7.64. The number of amides is 1. The van der Waals surface area contributed by atoms with E-state index >= 15 is 0 Å². The first kappa shape index (κ1) is 15.3. The highest BCUT2D eigenvalue weighted by atomic mass is 32.2. The van der Waals surface area contributed by atoms with Crippen molar-refractivity contribution in [2.24, 2.45) is 0 Å². The van der Waals surface area contributed by atoms with Gasteiger partial charge in [-0.3, -0.25) is 9.69 Å². The molecule has 0 radical (unpaired) electrons. The van der Waals surface area contributed by atoms with E-state index in [2.05, 4.69) is 10.2 Å². The summed E-state index contributed by atoms with van der Waals surface area (Å²) in [5, 5.41) is 2.92. The summed E-state index contributed by atoms with van der Waals surface area (Å²) in [6.07, 6.45) is 4.18. The van der Waals surface area contributed by atoms with Crippen LogP contribution in [0.5, 0.6) is 0 Å². The molecule has 1 atom stereocenters. The molecular weight excluding hydrogens is 275 g/mol. The van der Waals surface area contributed by atoms with Crippen molar-refractivity contribution in [3.05, 3.63) is 35.6 Å². The molecule has 110 valence electrons. The van der Waals surface area contributed by atoms with E-state index in [1.165, 1.54) is 17.8 Å². The fraction of sp³-hybridized carbons (Fsp3) is 0.533. The van der Waals surface area contributed by atoms with Gasteiger partial charge in [0.25, 0.3) is 0 Å². The number of benzene rings is 1. The molecule has 1 saturated heterocycles. The van der Waals surface area contributed by atoms with Gasteiger partial charge in [-0.15, -0.1) is 0 Å². The maximum Gasteiger partial charge on any atom is 0.230 e. The van der Waals surface area contributed by atoms with Crippen molar-refractivity contribution in [3.8, 4) is 0 Å². The van der Waals surface area contributed by atoms with E-state index in [0.29, 0.717) is 17.9 Å². The molecule has 1 unspecified atom stereocenters. The largest absolute Gasteiger partial charge is 0.353 e. The zero-order valence-corrected chi connectivity index (χ0v) is 12.6. The van der Waals surface area contributed by atoms with Crippen LogP contribution in [0.15, 0.2) is 24.3 Å². The van der Waals surface area contributed by atoms with Gasteiger partial charge < -0.3 is 5.32 Å². The number of nitrogens with one attached hydrogen (secondary N) is 1. The first-order valence-corrected chi connectivity index (χ1v) is 8.36. The third-order valence-corrected chi connectivity index (χ3v) is 4.16. The van der Waals surface area contributed by atoms with Gasteiger partial charge in [-0.2, -0.15) is 11.8 Å². The molecule has 1 N–H and O–H groups in total. The Morgan fingerprint density at radius 1 is 1.40 bits per heavy atom. The zero-order valence-electron chi connectivity index (χ0n) is 11.8. The first-order chi connectivity index (χ1) is 9.72. The Kier molecular flexibility index (Phi) is 5.86. The number of carbonyl (C=O) groups excluding carboxylic acids is 1. The summed E-state index contributed by atoms with van der Waals surface area (Å²) in [5.74, 6) is 0.269. The average molecular weight is 296 g/mol. The van der Waals surface area contributed by atoms with Crippen LogP contribution in [-0.2, 0) is 4.79 Å². The third kappa shape index (κ3) is 3.96. The van der Waals surface area contributed by atoms with Gasteiger partial charge in [0, 0.05) is 12.1 Å². The normalized spacial score (nSPS) is 17.1. The molecule has 1 aromatic carbocycles. The number of halogens is 1. The molecule has 5 heteroatoms. The SMILES string of the molecule is CSCC(=O)NCC(c1ccccc1F)N1CCCC1. The number of hydrogen-bond donors (Lipinski definition) is 1. The maximum atomic E-state index is 14.0. The van der Waals surface area contributed by atoms with Crippen LogP contribution in [0.25, 0.3) is 0 Å². The Hall–Kier alpha value is -1.07. The minimum atomic E-state index is -0.191. The molecule has 1 aliphatic rings. The van der Waals surface area contributed by atoms with Gasteiger partial charge in [-0.1, -0.05) is 18.2 Å². The Balaban J connectivity index is 2.08. The molecule has 0 aromatic heterocycles. The summed E-state index contributed by atoms with van der Waals surface area (Å²) in [5.41, 5.74) is 0.679. The van der Waals surface area contributed by atoms with Gasteiger partial charge in [0.2, 0.25) is 5.91 Å². The molecule has 0 spiro atoms. The van der Waals surface area contributed by atoms with Crippen LogP contribution in [0.3, 0.4) is 0 Å². The van der Waals surface area contributed by atoms with Crippen LogP contribution in [0, 0.1) is 5.82 Å². The second-order valence-electron chi connectivity index (χ2n) is 5.02. The fourth-order valence-electron chi connectivity index (χ4n) is 2.63. The van der Waals surface area contributed by atoms with Crippen molar-refractivity contribution in [1.29, 1.82) is 0 Å². The Morgan fingerprint density at radius 3 is 2.75 bits per heavy atom. The molecule has 1 aliphatic heterocycles. The molecule has 0 bridgehead atoms. The highest BCUT2D eigenvalue weighted by Crippen LogP contribution is 2.26. The smallest absolute Gasteiger partial charge is 0.230 e. The lowest BCUT2D eigenvalue weighted by Gasteiger charge is -2.28. The van der Waals surface area contributed by atoms with E-state index in [9.17, 15) is 9.18 Å². The first-order valence-electron chi connectivity index (χ1n) is 6.96. The van der Waals surface area contributed by atoms with Crippen LogP contribution in [0.1, 0.15) is 24.4 Å². The van der Waals surface area contributed by atoms with Crippen LogP contribution in [-0.4, -0.2) is 42.4 Å². The number of nitrogens with zero attached hydrogens (tertiary/aromatic N) is 1. The predicted molar refractivity (Wildman–Crippen MR) is 81.3 cm³/mol. The summed E-state index contributed by atoms with van der Waals surface area (Å²) in [6.45, 7) is 2.41. The highest BCUT2D eigenvalue weighted by Gasteiger charge is 2.25. The van der Waals surface area contributed by atoms with Gasteiger partial charge in [-0.25, -0.2) is 4.39 Å². The summed E-state index contributed by atoms with van der Waals surface area (Å²) in [7, 11) is 0. The van der Waals surface area contributed by atoms with Gasteiger partial charge in [0.15, 0.2) is 0 Å². The van der Waals surface area contributed by atoms with Crippen LogP contribution >= 0.6 is 11.8 Å². The maximum absolute atomic E-state index is 14.0. The molecule has 1 amide bonds. The molecule has 1 aromatic rings. The molecule has 3 nitrogen and oxygen atoms in total. The summed E-state index contributed by atoms with van der Waals surface area (Å²) >= 11 is 1.49. The monoisotopic (exact) mass is 296 g/mol. The van der Waals surface area contributed by atoms with Crippen molar-refractivity contribution < 1.29 is 9.18 Å². The lowest BCUT2D eigenvalue weighted by Crippen LogP contribution is -2.37. The lowest BCUT2D eigenvalue weighted by atomic mass is 10.0.